The van der Waals surface area contributed by atoms with Gasteiger partial charge in [0.1, 0.15) is 0 Å². The quantitative estimate of drug-likeness (QED) is 0.257. The molecule has 0 N–H and O–H groups in total. The molecule has 0 unspecified atom stereocenters. The molecule has 0 atom stereocenters. The van der Waals surface area contributed by atoms with Gasteiger partial charge in [-0.15, -0.1) is 0 Å². The van der Waals surface area contributed by atoms with Crippen LogP contribution >= 0.6 is 0 Å². The summed E-state index contributed by atoms with van der Waals surface area (Å²) >= 11 is -3.89. The molecule has 0 aliphatic heterocycles. The van der Waals surface area contributed by atoms with E-state index in [-0.39, 0.29) is 33.9 Å². The molecule has 0 aromatic carbocycles. The molecule has 3 rings (SSSR count). The molecule has 0 bridgehead atoms. The zero-order valence-electron chi connectivity index (χ0n) is 21.9. The van der Waals surface area contributed by atoms with Crippen molar-refractivity contribution in [2.45, 2.75) is 78.9 Å². The second kappa shape index (κ2) is 14.6. The monoisotopic (exact) mass is 567 g/mol. The number of nitrogens with zero attached hydrogens (tertiary/aromatic N) is 3. The summed E-state index contributed by atoms with van der Waals surface area (Å²) in [7, 11) is 0. The van der Waals surface area contributed by atoms with E-state index in [0.717, 1.165) is 38.5 Å². The molecule has 0 fully saturated rings. The Balaban J connectivity index is 1.95. The summed E-state index contributed by atoms with van der Waals surface area (Å²) in [5, 5.41) is 0. The van der Waals surface area contributed by atoms with Crippen LogP contribution in [-0.2, 0) is 19.6 Å². The van der Waals surface area contributed by atoms with Gasteiger partial charge in [-0.3, -0.25) is 0 Å². The molecule has 0 aliphatic rings. The Labute approximate surface area is 223 Å². The zero-order chi connectivity index (χ0) is 26.6. The average molecular weight is 568 g/mol. The first kappa shape index (κ1) is 28.5. The van der Waals surface area contributed by atoms with E-state index in [4.69, 9.17) is 10.6 Å². The van der Waals surface area contributed by atoms with Crippen LogP contribution in [0.4, 0.5) is 0 Å². The van der Waals surface area contributed by atoms with Crippen LogP contribution in [0.3, 0.4) is 0 Å². The Bertz CT molecular complexity index is 1160. The first-order chi connectivity index (χ1) is 18.0. The Morgan fingerprint density at radius 1 is 0.568 bits per heavy atom. The molecule has 37 heavy (non-hydrogen) atoms. The van der Waals surface area contributed by atoms with Gasteiger partial charge in [-0.1, -0.05) is 0 Å². The average Bonchev–Trinajstić information content (AvgIpc) is 2.90. The number of aryl methyl sites for hydroxylation is 3. The van der Waals surface area contributed by atoms with Gasteiger partial charge in [0.2, 0.25) is 0 Å². The van der Waals surface area contributed by atoms with Crippen molar-refractivity contribution in [2.24, 2.45) is 0 Å². The fraction of sp³-hybridized carbons (Fsp3) is 0.444. The SMILES string of the molecule is CCCCn1cccc([O][Ga]([O]c2cccn(CCCC)c2=O)[O]c2cccn(CCCC)c2=O)c1=O. The first-order valence-corrected chi connectivity index (χ1v) is 16.0. The van der Waals surface area contributed by atoms with Crippen LogP contribution in [0.2, 0.25) is 0 Å². The summed E-state index contributed by atoms with van der Waals surface area (Å²) in [4.78, 5) is 39.1. The molecule has 0 saturated carbocycles. The van der Waals surface area contributed by atoms with Crippen LogP contribution in [0.1, 0.15) is 59.3 Å². The van der Waals surface area contributed by atoms with Gasteiger partial charge in [-0.25, -0.2) is 0 Å². The van der Waals surface area contributed by atoms with E-state index in [1.54, 1.807) is 68.7 Å². The summed E-state index contributed by atoms with van der Waals surface area (Å²) in [6, 6.07) is 9.87. The van der Waals surface area contributed by atoms with Gasteiger partial charge in [-0.05, 0) is 0 Å². The van der Waals surface area contributed by atoms with Gasteiger partial charge in [-0.2, -0.15) is 0 Å². The predicted octanol–water partition coefficient (Wildman–Crippen LogP) is 4.09. The van der Waals surface area contributed by atoms with Gasteiger partial charge >= 0.3 is 224 Å². The van der Waals surface area contributed by atoms with E-state index < -0.39 is 17.3 Å². The molecular weight excluding hydrogens is 532 g/mol. The third kappa shape index (κ3) is 7.93. The van der Waals surface area contributed by atoms with Crippen molar-refractivity contribution < 1.29 is 10.6 Å². The molecule has 3 aromatic rings. The van der Waals surface area contributed by atoms with Gasteiger partial charge in [0, 0.05) is 0 Å². The van der Waals surface area contributed by atoms with Crippen molar-refractivity contribution in [1.29, 1.82) is 0 Å². The molecule has 10 heteroatoms. The molecule has 0 saturated heterocycles. The molecule has 0 amide bonds. The minimum absolute atomic E-state index is 0.0769. The van der Waals surface area contributed by atoms with Crippen LogP contribution in [0.5, 0.6) is 17.2 Å². The second-order valence-electron chi connectivity index (χ2n) is 8.82. The number of aromatic nitrogens is 3. The fourth-order valence-electron chi connectivity index (χ4n) is 3.71. The number of hydrogen-bond donors (Lipinski definition) is 0. The third-order valence-corrected chi connectivity index (χ3v) is 8.69. The maximum atomic E-state index is 13.0. The zero-order valence-corrected chi connectivity index (χ0v) is 24.4. The van der Waals surface area contributed by atoms with Crippen LogP contribution < -0.4 is 27.3 Å². The van der Waals surface area contributed by atoms with Crippen molar-refractivity contribution in [3.05, 3.63) is 86.1 Å². The minimum atomic E-state index is -3.89. The molecule has 198 valence electrons. The summed E-state index contributed by atoms with van der Waals surface area (Å²) in [5.74, 6) is 0.231. The topological polar surface area (TPSA) is 93.7 Å². The Kier molecular flexibility index (Phi) is 11.2. The van der Waals surface area contributed by atoms with Gasteiger partial charge in [0.05, 0.1) is 0 Å². The van der Waals surface area contributed by atoms with Gasteiger partial charge in [0.25, 0.3) is 0 Å². The van der Waals surface area contributed by atoms with Gasteiger partial charge < -0.3 is 0 Å². The fourth-order valence-corrected chi connectivity index (χ4v) is 6.45. The molecule has 0 aliphatic carbocycles. The predicted molar refractivity (Wildman–Crippen MR) is 144 cm³/mol. The normalized spacial score (nSPS) is 10.8. The summed E-state index contributed by atoms with van der Waals surface area (Å²) in [5.41, 5.74) is -0.915. The van der Waals surface area contributed by atoms with Gasteiger partial charge in [0.15, 0.2) is 0 Å². The second-order valence-corrected chi connectivity index (χ2v) is 11.5. The van der Waals surface area contributed by atoms with E-state index in [1.165, 1.54) is 0 Å². The van der Waals surface area contributed by atoms with Crippen molar-refractivity contribution in [3.63, 3.8) is 0 Å². The van der Waals surface area contributed by atoms with Crippen molar-refractivity contribution in [2.75, 3.05) is 0 Å². The summed E-state index contributed by atoms with van der Waals surface area (Å²) in [6.07, 6.45) is 10.5. The Hall–Kier alpha value is -3.11. The van der Waals surface area contributed by atoms with E-state index in [9.17, 15) is 14.4 Å². The standard InChI is InChI=1S/3C9H13NO2.Ga/c3*1-2-3-6-10-7-4-5-8(11)9(10)12;/h3*4-5,7,11H,2-3,6H2,1H3;/q;;;+3/p-3. The van der Waals surface area contributed by atoms with Crippen LogP contribution in [0.15, 0.2) is 69.4 Å². The van der Waals surface area contributed by atoms with Crippen molar-refractivity contribution in [3.8, 4) is 17.2 Å². The molecule has 0 spiro atoms. The first-order valence-electron chi connectivity index (χ1n) is 13.1. The summed E-state index contributed by atoms with van der Waals surface area (Å²) in [6.45, 7) is 7.85. The summed E-state index contributed by atoms with van der Waals surface area (Å²) < 4.78 is 22.9. The molecule has 3 aromatic heterocycles. The Morgan fingerprint density at radius 3 is 1.14 bits per heavy atom. The molecular formula is C27H36GaN3O6. The van der Waals surface area contributed by atoms with E-state index in [2.05, 4.69) is 20.8 Å². The number of pyridine rings is 3. The van der Waals surface area contributed by atoms with Crippen LogP contribution in [-0.4, -0.2) is 31.0 Å². The number of rotatable bonds is 15. The van der Waals surface area contributed by atoms with Crippen LogP contribution in [0.25, 0.3) is 0 Å². The molecule has 3 heterocycles. The van der Waals surface area contributed by atoms with Crippen molar-refractivity contribution in [1.82, 2.24) is 13.7 Å². The molecule has 9 nitrogen and oxygen atoms in total. The van der Waals surface area contributed by atoms with Crippen molar-refractivity contribution >= 4 is 17.3 Å². The number of unbranched alkanes of at least 4 members (excludes halogenated alkanes) is 3. The van der Waals surface area contributed by atoms with Crippen LogP contribution in [0, 0.1) is 0 Å². The maximum absolute atomic E-state index is 13.0. The van der Waals surface area contributed by atoms with E-state index in [0.29, 0.717) is 19.6 Å². The third-order valence-electron chi connectivity index (χ3n) is 5.88. The van der Waals surface area contributed by atoms with E-state index >= 15 is 0 Å². The molecule has 0 radical (unpaired) electrons. The number of hydrogen-bond acceptors (Lipinski definition) is 6. The Morgan fingerprint density at radius 2 is 0.865 bits per heavy atom. The van der Waals surface area contributed by atoms with E-state index in [1.807, 2.05) is 0 Å².